The van der Waals surface area contributed by atoms with E-state index in [1.807, 2.05) is 35.2 Å². The highest BCUT2D eigenvalue weighted by atomic mass is 16.5. The first-order chi connectivity index (χ1) is 16.2. The van der Waals surface area contributed by atoms with Crippen molar-refractivity contribution in [1.82, 2.24) is 0 Å². The minimum Gasteiger partial charge on any atom is -0.493 e. The molecule has 0 saturated heterocycles. The van der Waals surface area contributed by atoms with Crippen LogP contribution in [0, 0.1) is 6.92 Å². The molecule has 3 aromatic carbocycles. The third-order valence-electron chi connectivity index (χ3n) is 6.84. The molecule has 1 atom stereocenters. The van der Waals surface area contributed by atoms with E-state index in [-0.39, 0.29) is 16.9 Å². The van der Waals surface area contributed by atoms with E-state index in [2.05, 4.69) is 70.2 Å². The van der Waals surface area contributed by atoms with Crippen LogP contribution < -0.4 is 14.4 Å². The van der Waals surface area contributed by atoms with Gasteiger partial charge in [-0.1, -0.05) is 61.0 Å². The maximum absolute atomic E-state index is 13.6. The van der Waals surface area contributed by atoms with Gasteiger partial charge >= 0.3 is 0 Å². The Morgan fingerprint density at radius 1 is 0.912 bits per heavy atom. The quantitative estimate of drug-likeness (QED) is 0.410. The molecule has 1 amide bonds. The molecule has 0 bridgehead atoms. The van der Waals surface area contributed by atoms with Crippen LogP contribution in [0.1, 0.15) is 49.4 Å². The Bertz CT molecular complexity index is 1230. The van der Waals surface area contributed by atoms with Crippen LogP contribution >= 0.6 is 0 Å². The molecule has 4 heteroatoms. The minimum absolute atomic E-state index is 0.0417. The van der Waals surface area contributed by atoms with Crippen LogP contribution in [0.15, 0.2) is 72.8 Å². The molecule has 34 heavy (non-hydrogen) atoms. The largest absolute Gasteiger partial charge is 0.493 e. The van der Waals surface area contributed by atoms with Gasteiger partial charge in [0.05, 0.1) is 14.2 Å². The normalized spacial score (nSPS) is 19.1. The van der Waals surface area contributed by atoms with E-state index in [0.29, 0.717) is 11.5 Å². The molecule has 1 heterocycles. The summed E-state index contributed by atoms with van der Waals surface area (Å²) >= 11 is 0. The van der Waals surface area contributed by atoms with E-state index in [1.165, 1.54) is 16.7 Å². The van der Waals surface area contributed by atoms with Gasteiger partial charge in [0, 0.05) is 22.7 Å². The van der Waals surface area contributed by atoms with Gasteiger partial charge in [-0.2, -0.15) is 0 Å². The van der Waals surface area contributed by atoms with Gasteiger partial charge in [-0.25, -0.2) is 0 Å². The van der Waals surface area contributed by atoms with Crippen LogP contribution in [0.3, 0.4) is 0 Å². The van der Waals surface area contributed by atoms with Crippen LogP contribution in [-0.4, -0.2) is 25.7 Å². The molecule has 0 saturated carbocycles. The van der Waals surface area contributed by atoms with Gasteiger partial charge < -0.3 is 14.4 Å². The Morgan fingerprint density at radius 3 is 2.29 bits per heavy atom. The van der Waals surface area contributed by atoms with E-state index < -0.39 is 0 Å². The van der Waals surface area contributed by atoms with Gasteiger partial charge in [0.15, 0.2) is 11.5 Å². The summed E-state index contributed by atoms with van der Waals surface area (Å²) in [5, 5.41) is 0. The van der Waals surface area contributed by atoms with E-state index in [4.69, 9.17) is 9.47 Å². The summed E-state index contributed by atoms with van der Waals surface area (Å²) in [5.74, 6) is 1.25. The first-order valence-corrected chi connectivity index (χ1v) is 11.6. The number of aryl methyl sites for hydroxylation is 1. The fourth-order valence-corrected chi connectivity index (χ4v) is 5.33. The lowest BCUT2D eigenvalue weighted by atomic mass is 9.65. The number of benzene rings is 3. The lowest BCUT2D eigenvalue weighted by Crippen LogP contribution is -2.55. The number of nitrogens with zero attached hydrogens (tertiary/aromatic N) is 1. The molecule has 1 aliphatic heterocycles. The number of anilines is 1. The van der Waals surface area contributed by atoms with Crippen molar-refractivity contribution in [1.29, 1.82) is 0 Å². The molecule has 4 nitrogen and oxygen atoms in total. The number of hydrogen-bond donors (Lipinski definition) is 0. The molecule has 0 spiro atoms. The molecule has 1 aliphatic rings. The molecule has 0 radical (unpaired) electrons. The van der Waals surface area contributed by atoms with E-state index in [9.17, 15) is 4.79 Å². The van der Waals surface area contributed by atoms with Gasteiger partial charge in [-0.15, -0.1) is 0 Å². The van der Waals surface area contributed by atoms with Crippen LogP contribution in [0.5, 0.6) is 11.5 Å². The lowest BCUT2D eigenvalue weighted by Gasteiger charge is -2.51. The number of carbonyl (C=O) groups is 1. The molecule has 0 aliphatic carbocycles. The van der Waals surface area contributed by atoms with Crippen molar-refractivity contribution in [3.8, 4) is 11.5 Å². The summed E-state index contributed by atoms with van der Waals surface area (Å²) in [4.78, 5) is 15.6. The van der Waals surface area contributed by atoms with Gasteiger partial charge in [-0.05, 0) is 68.2 Å². The fraction of sp³-hybridized carbons (Fsp3) is 0.300. The molecule has 0 N–H and O–H groups in total. The summed E-state index contributed by atoms with van der Waals surface area (Å²) in [6.45, 7) is 8.70. The Kier molecular flexibility index (Phi) is 6.26. The second kappa shape index (κ2) is 9.02. The van der Waals surface area contributed by atoms with Gasteiger partial charge in [0.2, 0.25) is 0 Å². The molecule has 0 aromatic heterocycles. The maximum Gasteiger partial charge on any atom is 0.251 e. The lowest BCUT2D eigenvalue weighted by molar-refractivity contribution is -0.115. The molecule has 0 fully saturated rings. The summed E-state index contributed by atoms with van der Waals surface area (Å²) in [6, 6.07) is 22.6. The minimum atomic E-state index is -0.383. The maximum atomic E-state index is 13.6. The number of amides is 1. The van der Waals surface area contributed by atoms with Crippen molar-refractivity contribution in [3.05, 3.63) is 95.1 Å². The van der Waals surface area contributed by atoms with Gasteiger partial charge in [0.25, 0.3) is 5.91 Å². The third kappa shape index (κ3) is 4.21. The summed E-state index contributed by atoms with van der Waals surface area (Å²) < 4.78 is 10.7. The predicted molar refractivity (Wildman–Crippen MR) is 139 cm³/mol. The second-order valence-electron chi connectivity index (χ2n) is 9.83. The fourth-order valence-electron chi connectivity index (χ4n) is 5.33. The summed E-state index contributed by atoms with van der Waals surface area (Å²) in [7, 11) is 3.22. The molecule has 4 rings (SSSR count). The Morgan fingerprint density at radius 2 is 1.62 bits per heavy atom. The van der Waals surface area contributed by atoms with Crippen molar-refractivity contribution in [2.45, 2.75) is 45.1 Å². The van der Waals surface area contributed by atoms with E-state index in [0.717, 1.165) is 17.7 Å². The van der Waals surface area contributed by atoms with E-state index >= 15 is 0 Å². The number of fused-ring (bicyclic) bond motifs is 1. The van der Waals surface area contributed by atoms with Crippen molar-refractivity contribution >= 4 is 17.7 Å². The first-order valence-electron chi connectivity index (χ1n) is 11.6. The zero-order valence-electron chi connectivity index (χ0n) is 20.9. The highest BCUT2D eigenvalue weighted by Crippen LogP contribution is 2.50. The number of rotatable bonds is 5. The highest BCUT2D eigenvalue weighted by molar-refractivity contribution is 6.06. The first kappa shape index (κ1) is 23.6. The Balaban J connectivity index is 1.75. The van der Waals surface area contributed by atoms with Gasteiger partial charge in [-0.3, -0.25) is 4.79 Å². The molecular weight excluding hydrogens is 422 g/mol. The van der Waals surface area contributed by atoms with Crippen molar-refractivity contribution in [2.75, 3.05) is 19.1 Å². The highest BCUT2D eigenvalue weighted by Gasteiger charge is 2.47. The van der Waals surface area contributed by atoms with Crippen LogP contribution in [0.4, 0.5) is 5.69 Å². The topological polar surface area (TPSA) is 38.8 Å². The molecule has 1 unspecified atom stereocenters. The molecular formula is C30H33NO3. The predicted octanol–water partition coefficient (Wildman–Crippen LogP) is 6.55. The van der Waals surface area contributed by atoms with E-state index in [1.54, 1.807) is 20.3 Å². The summed E-state index contributed by atoms with van der Waals surface area (Å²) in [5.41, 5.74) is 4.90. The van der Waals surface area contributed by atoms with Crippen molar-refractivity contribution in [3.63, 3.8) is 0 Å². The number of ether oxygens (including phenoxy) is 2. The smallest absolute Gasteiger partial charge is 0.251 e. The standard InChI is InChI=1S/C30H33NO3/c1-21-12-15-25-24(18-21)30(4,23-10-8-7-9-11-23)20-29(2,3)31(25)28(32)17-14-22-13-16-26(33-5)27(19-22)34-6/h7-19H,20H2,1-6H3/b17-14+. The van der Waals surface area contributed by atoms with Crippen LogP contribution in [-0.2, 0) is 10.2 Å². The average Bonchev–Trinajstić information content (AvgIpc) is 2.83. The Labute approximate surface area is 202 Å². The number of hydrogen-bond acceptors (Lipinski definition) is 3. The summed E-state index contributed by atoms with van der Waals surface area (Å²) in [6.07, 6.45) is 4.30. The Hall–Kier alpha value is -3.53. The number of methoxy groups -OCH3 is 2. The van der Waals surface area contributed by atoms with Gasteiger partial charge in [0.1, 0.15) is 0 Å². The molecule has 3 aromatic rings. The van der Waals surface area contributed by atoms with Crippen molar-refractivity contribution in [2.24, 2.45) is 0 Å². The van der Waals surface area contributed by atoms with Crippen LogP contribution in [0.25, 0.3) is 6.08 Å². The average molecular weight is 456 g/mol. The zero-order chi connectivity index (χ0) is 24.5. The third-order valence-corrected chi connectivity index (χ3v) is 6.84. The van der Waals surface area contributed by atoms with Crippen molar-refractivity contribution < 1.29 is 14.3 Å². The molecule has 176 valence electrons. The van der Waals surface area contributed by atoms with Crippen LogP contribution in [0.2, 0.25) is 0 Å². The monoisotopic (exact) mass is 455 g/mol. The second-order valence-corrected chi connectivity index (χ2v) is 9.83. The SMILES string of the molecule is COc1ccc(/C=C/C(=O)N2c3ccc(C)cc3C(C)(c3ccccc3)CC2(C)C)cc1OC. The number of carbonyl (C=O) groups excluding carboxylic acids is 1. The zero-order valence-corrected chi connectivity index (χ0v) is 20.9.